The van der Waals surface area contributed by atoms with Gasteiger partial charge in [0.25, 0.3) is 0 Å². The van der Waals surface area contributed by atoms with Crippen LogP contribution in [0.15, 0.2) is 24.3 Å². The van der Waals surface area contributed by atoms with Crippen LogP contribution in [0.5, 0.6) is 5.75 Å². The van der Waals surface area contributed by atoms with Crippen LogP contribution < -0.4 is 15.4 Å². The second-order valence-corrected chi connectivity index (χ2v) is 7.35. The summed E-state index contributed by atoms with van der Waals surface area (Å²) in [7, 11) is 0. The molecule has 0 atom stereocenters. The Morgan fingerprint density at radius 1 is 0.840 bits per heavy atom. The first kappa shape index (κ1) is 18.0. The summed E-state index contributed by atoms with van der Waals surface area (Å²) in [6.45, 7) is 0. The molecule has 1 aromatic rings. The van der Waals surface area contributed by atoms with Crippen molar-refractivity contribution in [3.05, 3.63) is 30.1 Å². The van der Waals surface area contributed by atoms with E-state index in [9.17, 15) is 9.18 Å². The second kappa shape index (κ2) is 9.07. The smallest absolute Gasteiger partial charge is 0.315 e. The number of hydrogen-bond donors (Lipinski definition) is 2. The molecule has 2 saturated carbocycles. The summed E-state index contributed by atoms with van der Waals surface area (Å²) in [6, 6.07) is 6.70. The minimum atomic E-state index is -0.250. The van der Waals surface area contributed by atoms with Crippen molar-refractivity contribution in [2.45, 2.75) is 82.4 Å². The fourth-order valence-corrected chi connectivity index (χ4v) is 3.87. The molecule has 3 rings (SSSR count). The monoisotopic (exact) mass is 348 g/mol. The zero-order valence-corrected chi connectivity index (χ0v) is 14.8. The van der Waals surface area contributed by atoms with Crippen LogP contribution in [0, 0.1) is 5.82 Å². The largest absolute Gasteiger partial charge is 0.490 e. The van der Waals surface area contributed by atoms with Gasteiger partial charge in [0.15, 0.2) is 0 Å². The van der Waals surface area contributed by atoms with Crippen molar-refractivity contribution in [1.29, 1.82) is 0 Å². The molecule has 0 spiro atoms. The molecule has 2 aliphatic carbocycles. The van der Waals surface area contributed by atoms with Gasteiger partial charge >= 0.3 is 6.03 Å². The minimum absolute atomic E-state index is 0.0187. The molecule has 2 aliphatic rings. The molecule has 2 amide bonds. The number of benzene rings is 1. The minimum Gasteiger partial charge on any atom is -0.490 e. The third kappa shape index (κ3) is 5.91. The van der Waals surface area contributed by atoms with Gasteiger partial charge in [-0.1, -0.05) is 25.7 Å². The molecule has 0 unspecified atom stereocenters. The van der Waals surface area contributed by atoms with Crippen LogP contribution in [0.4, 0.5) is 9.18 Å². The zero-order valence-electron chi connectivity index (χ0n) is 14.8. The van der Waals surface area contributed by atoms with Crippen LogP contribution in [0.25, 0.3) is 0 Å². The van der Waals surface area contributed by atoms with Crippen LogP contribution in [0.2, 0.25) is 0 Å². The number of urea groups is 1. The van der Waals surface area contributed by atoms with E-state index >= 15 is 0 Å². The number of ether oxygens (including phenoxy) is 1. The summed E-state index contributed by atoms with van der Waals surface area (Å²) in [5.74, 6) is 0.462. The lowest BCUT2D eigenvalue weighted by Crippen LogP contribution is -2.47. The Morgan fingerprint density at radius 3 is 2.00 bits per heavy atom. The molecule has 0 radical (unpaired) electrons. The standard InChI is InChI=1S/C20H29FN2O2/c21-15-7-11-18(12-8-15)25-19-13-9-17(10-14-19)23-20(24)22-16-5-3-1-2-4-6-16/h7-8,11-12,16-17,19H,1-6,9-10,13-14H2,(H2,22,23,24). The first-order chi connectivity index (χ1) is 12.2. The molecule has 2 fully saturated rings. The first-order valence-corrected chi connectivity index (χ1v) is 9.68. The van der Waals surface area contributed by atoms with E-state index in [0.717, 1.165) is 38.5 Å². The summed E-state index contributed by atoms with van der Waals surface area (Å²) in [5, 5.41) is 6.27. The predicted octanol–water partition coefficient (Wildman–Crippen LogP) is 4.54. The predicted molar refractivity (Wildman–Crippen MR) is 96.2 cm³/mol. The maximum absolute atomic E-state index is 12.9. The van der Waals surface area contributed by atoms with E-state index < -0.39 is 0 Å². The zero-order chi connectivity index (χ0) is 17.5. The molecule has 0 aliphatic heterocycles. The lowest BCUT2D eigenvalue weighted by molar-refractivity contribution is 0.140. The van der Waals surface area contributed by atoms with E-state index in [4.69, 9.17) is 4.74 Å². The van der Waals surface area contributed by atoms with Crippen LogP contribution >= 0.6 is 0 Å². The van der Waals surface area contributed by atoms with Gasteiger partial charge in [-0.2, -0.15) is 0 Å². The molecule has 0 bridgehead atoms. The maximum Gasteiger partial charge on any atom is 0.315 e. The Balaban J connectivity index is 1.37. The molecule has 25 heavy (non-hydrogen) atoms. The van der Waals surface area contributed by atoms with Gasteiger partial charge in [0.1, 0.15) is 11.6 Å². The van der Waals surface area contributed by atoms with Crippen molar-refractivity contribution in [2.75, 3.05) is 0 Å². The number of carbonyl (C=O) groups excluding carboxylic acids is 1. The van der Waals surface area contributed by atoms with Crippen LogP contribution in [0.1, 0.15) is 64.2 Å². The van der Waals surface area contributed by atoms with Gasteiger partial charge in [0.05, 0.1) is 6.10 Å². The highest BCUT2D eigenvalue weighted by atomic mass is 19.1. The van der Waals surface area contributed by atoms with Crippen LogP contribution in [-0.4, -0.2) is 24.2 Å². The average Bonchev–Trinajstić information content (AvgIpc) is 2.87. The van der Waals surface area contributed by atoms with Gasteiger partial charge < -0.3 is 15.4 Å². The average molecular weight is 348 g/mol. The summed E-state index contributed by atoms with van der Waals surface area (Å²) in [6.07, 6.45) is 11.0. The van der Waals surface area contributed by atoms with Gasteiger partial charge in [0.2, 0.25) is 0 Å². The normalized spacial score (nSPS) is 25.0. The highest BCUT2D eigenvalue weighted by Crippen LogP contribution is 2.24. The van der Waals surface area contributed by atoms with Gasteiger partial charge in [-0.25, -0.2) is 9.18 Å². The van der Waals surface area contributed by atoms with Crippen LogP contribution in [0.3, 0.4) is 0 Å². The molecular weight excluding hydrogens is 319 g/mol. The Kier molecular flexibility index (Phi) is 6.54. The van der Waals surface area contributed by atoms with E-state index in [1.807, 2.05) is 0 Å². The molecule has 0 heterocycles. The van der Waals surface area contributed by atoms with Crippen LogP contribution in [-0.2, 0) is 0 Å². The lowest BCUT2D eigenvalue weighted by Gasteiger charge is -2.30. The number of rotatable bonds is 4. The molecule has 0 saturated heterocycles. The third-order valence-electron chi connectivity index (χ3n) is 5.32. The van der Waals surface area contributed by atoms with Crippen molar-refractivity contribution in [1.82, 2.24) is 10.6 Å². The van der Waals surface area contributed by atoms with Gasteiger partial charge in [-0.3, -0.25) is 0 Å². The molecule has 2 N–H and O–H groups in total. The third-order valence-corrected chi connectivity index (χ3v) is 5.32. The summed E-state index contributed by atoms with van der Waals surface area (Å²) in [5.41, 5.74) is 0. The van der Waals surface area contributed by atoms with Crippen molar-refractivity contribution in [3.8, 4) is 5.75 Å². The number of hydrogen-bond acceptors (Lipinski definition) is 2. The highest BCUT2D eigenvalue weighted by Gasteiger charge is 2.24. The number of nitrogens with one attached hydrogen (secondary N) is 2. The van der Waals surface area contributed by atoms with Gasteiger partial charge in [-0.15, -0.1) is 0 Å². The number of halogens is 1. The van der Waals surface area contributed by atoms with E-state index in [1.165, 1.54) is 37.8 Å². The Bertz CT molecular complexity index is 533. The topological polar surface area (TPSA) is 50.4 Å². The van der Waals surface area contributed by atoms with Crippen molar-refractivity contribution >= 4 is 6.03 Å². The van der Waals surface area contributed by atoms with E-state index in [0.29, 0.717) is 11.8 Å². The van der Waals surface area contributed by atoms with Crippen molar-refractivity contribution in [3.63, 3.8) is 0 Å². The second-order valence-electron chi connectivity index (χ2n) is 7.35. The fourth-order valence-electron chi connectivity index (χ4n) is 3.87. The maximum atomic E-state index is 12.9. The highest BCUT2D eigenvalue weighted by molar-refractivity contribution is 5.74. The van der Waals surface area contributed by atoms with E-state index in [-0.39, 0.29) is 24.0 Å². The Hall–Kier alpha value is -1.78. The van der Waals surface area contributed by atoms with Gasteiger partial charge in [-0.05, 0) is 62.8 Å². The van der Waals surface area contributed by atoms with E-state index in [1.54, 1.807) is 12.1 Å². The molecule has 138 valence electrons. The lowest BCUT2D eigenvalue weighted by atomic mass is 9.93. The number of carbonyl (C=O) groups is 1. The van der Waals surface area contributed by atoms with Gasteiger partial charge in [0, 0.05) is 12.1 Å². The molecule has 5 heteroatoms. The first-order valence-electron chi connectivity index (χ1n) is 9.68. The Labute approximate surface area is 149 Å². The van der Waals surface area contributed by atoms with Crippen molar-refractivity contribution in [2.24, 2.45) is 0 Å². The molecule has 0 aromatic heterocycles. The molecule has 1 aromatic carbocycles. The quantitative estimate of drug-likeness (QED) is 0.785. The summed E-state index contributed by atoms with van der Waals surface area (Å²) in [4.78, 5) is 12.2. The fraction of sp³-hybridized carbons (Fsp3) is 0.650. The SMILES string of the molecule is O=C(NC1CCCCCC1)NC1CCC(Oc2ccc(F)cc2)CC1. The summed E-state index contributed by atoms with van der Waals surface area (Å²) >= 11 is 0. The summed E-state index contributed by atoms with van der Waals surface area (Å²) < 4.78 is 18.8. The molecular formula is C20H29FN2O2. The number of amides is 2. The molecule has 4 nitrogen and oxygen atoms in total. The Morgan fingerprint density at radius 2 is 1.40 bits per heavy atom. The van der Waals surface area contributed by atoms with E-state index in [2.05, 4.69) is 10.6 Å². The van der Waals surface area contributed by atoms with Crippen molar-refractivity contribution < 1.29 is 13.9 Å².